The number of nitrogens with zero attached hydrogens (tertiary/aromatic N) is 2. The summed E-state index contributed by atoms with van der Waals surface area (Å²) in [6.45, 7) is 0. The number of hydrogen-bond donors (Lipinski definition) is 4. The van der Waals surface area contributed by atoms with Gasteiger partial charge in [0, 0.05) is 6.42 Å². The van der Waals surface area contributed by atoms with Crippen LogP contribution in [0.3, 0.4) is 0 Å². The number of anilines is 1. The van der Waals surface area contributed by atoms with Crippen molar-refractivity contribution in [1.29, 1.82) is 0 Å². The highest BCUT2D eigenvalue weighted by atomic mass is 16.3. The second-order valence-corrected chi connectivity index (χ2v) is 5.14. The lowest BCUT2D eigenvalue weighted by atomic mass is 10.1. The van der Waals surface area contributed by atoms with Crippen molar-refractivity contribution in [3.05, 3.63) is 51.9 Å². The number of aliphatic hydroxyl groups excluding tert-OH is 1. The molecule has 4 rings (SSSR count). The molecule has 1 aromatic carbocycles. The fraction of sp³-hybridized carbons (Fsp3) is 0.214. The molecule has 1 aliphatic carbocycles. The molecule has 0 saturated carbocycles. The van der Waals surface area contributed by atoms with Gasteiger partial charge in [0.15, 0.2) is 5.65 Å². The van der Waals surface area contributed by atoms with Crippen LogP contribution in [0.5, 0.6) is 0 Å². The van der Waals surface area contributed by atoms with Crippen LogP contribution in [0.4, 0.5) is 5.95 Å². The Kier molecular flexibility index (Phi) is 2.55. The van der Waals surface area contributed by atoms with Crippen molar-refractivity contribution >= 4 is 17.0 Å². The minimum absolute atomic E-state index is 0.267. The van der Waals surface area contributed by atoms with Crippen molar-refractivity contribution in [2.24, 2.45) is 0 Å². The first-order valence-corrected chi connectivity index (χ1v) is 6.68. The summed E-state index contributed by atoms with van der Waals surface area (Å²) in [5.74, 6) is 0.317. The molecule has 0 fully saturated rings. The topological polar surface area (TPSA) is 107 Å². The number of aliphatic hydroxyl groups is 1. The summed E-state index contributed by atoms with van der Waals surface area (Å²) >= 11 is 0. The van der Waals surface area contributed by atoms with Gasteiger partial charge in [-0.3, -0.25) is 14.9 Å². The van der Waals surface area contributed by atoms with E-state index in [-0.39, 0.29) is 11.6 Å². The SMILES string of the molecule is O=c1[nH]c(N[C@H]2c3ccccc3C[C@H]2O)nc2[nH]ncc12. The van der Waals surface area contributed by atoms with Crippen LogP contribution in [-0.2, 0) is 6.42 Å². The normalized spacial score (nSPS) is 20.6. The van der Waals surface area contributed by atoms with Gasteiger partial charge in [-0.2, -0.15) is 10.1 Å². The van der Waals surface area contributed by atoms with Gasteiger partial charge in [-0.1, -0.05) is 24.3 Å². The van der Waals surface area contributed by atoms with Gasteiger partial charge >= 0.3 is 0 Å². The van der Waals surface area contributed by atoms with Gasteiger partial charge in [0.25, 0.3) is 5.56 Å². The number of rotatable bonds is 2. The van der Waals surface area contributed by atoms with E-state index in [1.54, 1.807) is 0 Å². The number of aromatic amines is 2. The van der Waals surface area contributed by atoms with E-state index in [1.807, 2.05) is 24.3 Å². The monoisotopic (exact) mass is 283 g/mol. The van der Waals surface area contributed by atoms with Crippen molar-refractivity contribution in [2.75, 3.05) is 5.32 Å². The summed E-state index contributed by atoms with van der Waals surface area (Å²) in [6.07, 6.45) is 1.47. The molecule has 2 heterocycles. The Morgan fingerprint density at radius 1 is 1.33 bits per heavy atom. The zero-order valence-electron chi connectivity index (χ0n) is 11.0. The molecule has 0 unspecified atom stereocenters. The van der Waals surface area contributed by atoms with Crippen LogP contribution in [-0.4, -0.2) is 31.4 Å². The maximum atomic E-state index is 11.9. The van der Waals surface area contributed by atoms with E-state index in [2.05, 4.69) is 25.5 Å². The molecule has 0 bridgehead atoms. The molecule has 2 aromatic heterocycles. The largest absolute Gasteiger partial charge is 0.390 e. The van der Waals surface area contributed by atoms with E-state index in [9.17, 15) is 9.90 Å². The summed E-state index contributed by atoms with van der Waals surface area (Å²) in [6, 6.07) is 7.56. The molecule has 4 N–H and O–H groups in total. The lowest BCUT2D eigenvalue weighted by Crippen LogP contribution is -2.23. The second-order valence-electron chi connectivity index (χ2n) is 5.14. The third-order valence-electron chi connectivity index (χ3n) is 3.82. The van der Waals surface area contributed by atoms with E-state index < -0.39 is 6.10 Å². The summed E-state index contributed by atoms with van der Waals surface area (Å²) in [5, 5.41) is 20.2. The van der Waals surface area contributed by atoms with Gasteiger partial charge in [0.2, 0.25) is 5.95 Å². The molecule has 0 aliphatic heterocycles. The molecule has 1 aliphatic rings. The number of benzene rings is 1. The van der Waals surface area contributed by atoms with E-state index in [4.69, 9.17) is 0 Å². The number of fused-ring (bicyclic) bond motifs is 2. The van der Waals surface area contributed by atoms with Gasteiger partial charge in [-0.05, 0) is 11.1 Å². The predicted octanol–water partition coefficient (Wildman–Crippen LogP) is 0.716. The average molecular weight is 283 g/mol. The van der Waals surface area contributed by atoms with Crippen molar-refractivity contribution in [2.45, 2.75) is 18.6 Å². The molecule has 7 nitrogen and oxygen atoms in total. The van der Waals surface area contributed by atoms with Gasteiger partial charge in [-0.15, -0.1) is 0 Å². The highest BCUT2D eigenvalue weighted by Crippen LogP contribution is 2.33. The Bertz CT molecular complexity index is 869. The average Bonchev–Trinajstić information content (AvgIpc) is 3.05. The minimum Gasteiger partial charge on any atom is -0.390 e. The molecular formula is C14H13N5O2. The Morgan fingerprint density at radius 3 is 3.10 bits per heavy atom. The standard InChI is InChI=1S/C14H13N5O2/c20-10-5-7-3-1-2-4-8(7)11(10)16-14-17-12-9(6-15-19-12)13(21)18-14/h1-4,6,10-11,20H,5H2,(H3,15,16,17,18,19,21)/t10-,11+/m1/s1. The molecule has 3 aromatic rings. The first-order valence-electron chi connectivity index (χ1n) is 6.68. The fourth-order valence-corrected chi connectivity index (χ4v) is 2.81. The van der Waals surface area contributed by atoms with E-state index >= 15 is 0 Å². The molecule has 0 amide bonds. The van der Waals surface area contributed by atoms with Crippen LogP contribution in [0.1, 0.15) is 17.2 Å². The Balaban J connectivity index is 1.73. The van der Waals surface area contributed by atoms with Crippen molar-refractivity contribution in [3.8, 4) is 0 Å². The summed E-state index contributed by atoms with van der Waals surface area (Å²) in [5.41, 5.74) is 2.28. The second kappa shape index (κ2) is 4.42. The number of H-pyrrole nitrogens is 2. The molecule has 106 valence electrons. The highest BCUT2D eigenvalue weighted by Gasteiger charge is 2.31. The Labute approximate surface area is 119 Å². The molecule has 0 radical (unpaired) electrons. The number of hydrogen-bond acceptors (Lipinski definition) is 5. The molecule has 0 spiro atoms. The summed E-state index contributed by atoms with van der Waals surface area (Å²) < 4.78 is 0. The zero-order chi connectivity index (χ0) is 14.4. The highest BCUT2D eigenvalue weighted by molar-refractivity contribution is 5.73. The van der Waals surface area contributed by atoms with E-state index in [1.165, 1.54) is 6.20 Å². The predicted molar refractivity (Wildman–Crippen MR) is 77.0 cm³/mol. The Morgan fingerprint density at radius 2 is 2.19 bits per heavy atom. The lowest BCUT2D eigenvalue weighted by Gasteiger charge is -2.18. The van der Waals surface area contributed by atoms with Crippen LogP contribution in [0.15, 0.2) is 35.3 Å². The van der Waals surface area contributed by atoms with Gasteiger partial charge in [-0.25, -0.2) is 0 Å². The molecule has 0 saturated heterocycles. The molecule has 21 heavy (non-hydrogen) atoms. The van der Waals surface area contributed by atoms with Gasteiger partial charge in [0.05, 0.1) is 18.3 Å². The summed E-state index contributed by atoms with van der Waals surface area (Å²) in [7, 11) is 0. The third kappa shape index (κ3) is 1.90. The van der Waals surface area contributed by atoms with Gasteiger partial charge < -0.3 is 10.4 Å². The van der Waals surface area contributed by atoms with Crippen LogP contribution in [0.25, 0.3) is 11.0 Å². The molecule has 2 atom stereocenters. The quantitative estimate of drug-likeness (QED) is 0.554. The van der Waals surface area contributed by atoms with Gasteiger partial charge in [0.1, 0.15) is 5.39 Å². The van der Waals surface area contributed by atoms with Crippen molar-refractivity contribution in [3.63, 3.8) is 0 Å². The zero-order valence-corrected chi connectivity index (χ0v) is 11.0. The minimum atomic E-state index is -0.551. The lowest BCUT2D eigenvalue weighted by molar-refractivity contribution is 0.165. The van der Waals surface area contributed by atoms with Crippen LogP contribution in [0.2, 0.25) is 0 Å². The third-order valence-corrected chi connectivity index (χ3v) is 3.82. The van der Waals surface area contributed by atoms with Crippen molar-refractivity contribution in [1.82, 2.24) is 20.2 Å². The first kappa shape index (κ1) is 12.1. The molecular weight excluding hydrogens is 270 g/mol. The van der Waals surface area contributed by atoms with Crippen LogP contribution >= 0.6 is 0 Å². The Hall–Kier alpha value is -2.67. The summed E-state index contributed by atoms with van der Waals surface area (Å²) in [4.78, 5) is 18.8. The van der Waals surface area contributed by atoms with E-state index in [0.717, 1.165) is 11.1 Å². The smallest absolute Gasteiger partial charge is 0.263 e. The fourth-order valence-electron chi connectivity index (χ4n) is 2.81. The van der Waals surface area contributed by atoms with Crippen LogP contribution < -0.4 is 10.9 Å². The molecule has 7 heteroatoms. The maximum absolute atomic E-state index is 11.9. The van der Waals surface area contributed by atoms with E-state index in [0.29, 0.717) is 23.4 Å². The maximum Gasteiger partial charge on any atom is 0.263 e. The first-order chi connectivity index (χ1) is 10.2. The van der Waals surface area contributed by atoms with Crippen molar-refractivity contribution < 1.29 is 5.11 Å². The number of aromatic nitrogens is 4. The van der Waals surface area contributed by atoms with Crippen LogP contribution in [0, 0.1) is 0 Å². The number of nitrogens with one attached hydrogen (secondary N) is 3.